The molecule has 0 aliphatic carbocycles. The Morgan fingerprint density at radius 1 is 1.33 bits per heavy atom. The molecule has 1 aliphatic rings. The Bertz CT molecular complexity index is 687. The molecule has 0 N–H and O–H groups in total. The van der Waals surface area contributed by atoms with Gasteiger partial charge in [-0.15, -0.1) is 0 Å². The molecule has 2 aromatic heterocycles. The van der Waals surface area contributed by atoms with Crippen molar-refractivity contribution in [3.8, 4) is 0 Å². The van der Waals surface area contributed by atoms with Crippen molar-refractivity contribution in [2.24, 2.45) is 0 Å². The number of likely N-dealkylation sites (tertiary alicyclic amines) is 1. The third-order valence-electron chi connectivity index (χ3n) is 5.26. The average molecular weight is 328 g/mol. The minimum absolute atomic E-state index is 0.202. The summed E-state index contributed by atoms with van der Waals surface area (Å²) in [5.41, 5.74) is 3.14. The van der Waals surface area contributed by atoms with Gasteiger partial charge in [-0.1, -0.05) is 0 Å². The van der Waals surface area contributed by atoms with Crippen LogP contribution in [0.25, 0.3) is 0 Å². The summed E-state index contributed by atoms with van der Waals surface area (Å²) >= 11 is 0. The van der Waals surface area contributed by atoms with Gasteiger partial charge in [0.1, 0.15) is 0 Å². The number of nitrogens with zero attached hydrogens (tertiary/aromatic N) is 4. The summed E-state index contributed by atoms with van der Waals surface area (Å²) in [6, 6.07) is 4.32. The van der Waals surface area contributed by atoms with Crippen LogP contribution >= 0.6 is 0 Å². The fourth-order valence-corrected chi connectivity index (χ4v) is 3.94. The van der Waals surface area contributed by atoms with Crippen LogP contribution in [0.5, 0.6) is 0 Å². The lowest BCUT2D eigenvalue weighted by Crippen LogP contribution is -2.44. The molecule has 0 spiro atoms. The van der Waals surface area contributed by atoms with Crippen molar-refractivity contribution in [3.63, 3.8) is 0 Å². The summed E-state index contributed by atoms with van der Waals surface area (Å²) in [6.45, 7) is 8.93. The topological polar surface area (TPSA) is 43.1 Å². The van der Waals surface area contributed by atoms with Crippen molar-refractivity contribution < 1.29 is 4.79 Å². The maximum absolute atomic E-state index is 13.2. The summed E-state index contributed by atoms with van der Waals surface area (Å²) in [6.07, 6.45) is 8.19. The molecule has 0 bridgehead atoms. The second-order valence-electron chi connectivity index (χ2n) is 6.74. The van der Waals surface area contributed by atoms with E-state index in [0.717, 1.165) is 50.2 Å². The number of carbonyl (C=O) groups is 1. The van der Waals surface area contributed by atoms with Crippen LogP contribution in [0.1, 0.15) is 54.4 Å². The molecule has 0 radical (unpaired) electrons. The van der Waals surface area contributed by atoms with Gasteiger partial charge in [-0.3, -0.25) is 9.48 Å². The van der Waals surface area contributed by atoms with E-state index in [1.54, 1.807) is 0 Å². The molecule has 24 heavy (non-hydrogen) atoms. The van der Waals surface area contributed by atoms with E-state index in [2.05, 4.69) is 41.4 Å². The highest BCUT2D eigenvalue weighted by Crippen LogP contribution is 2.25. The van der Waals surface area contributed by atoms with E-state index in [-0.39, 0.29) is 5.91 Å². The number of hydrogen-bond donors (Lipinski definition) is 0. The van der Waals surface area contributed by atoms with E-state index in [4.69, 9.17) is 0 Å². The zero-order chi connectivity index (χ0) is 17.1. The molecule has 3 rings (SSSR count). The fraction of sp³-hybridized carbons (Fsp3) is 0.579. The number of carbonyl (C=O) groups excluding carboxylic acids is 1. The molecule has 0 unspecified atom stereocenters. The molecule has 0 aromatic carbocycles. The van der Waals surface area contributed by atoms with Crippen molar-refractivity contribution >= 4 is 5.91 Å². The van der Waals surface area contributed by atoms with Crippen LogP contribution in [0.15, 0.2) is 24.5 Å². The van der Waals surface area contributed by atoms with Gasteiger partial charge in [0.2, 0.25) is 0 Å². The molecule has 1 aliphatic heterocycles. The SMILES string of the molecule is CCn1c(C)cc(C(=O)N2CCCC[C@@H]2CCn2cccn2)c1C. The van der Waals surface area contributed by atoms with Crippen LogP contribution in [0.2, 0.25) is 0 Å². The second-order valence-corrected chi connectivity index (χ2v) is 6.74. The first kappa shape index (κ1) is 16.8. The van der Waals surface area contributed by atoms with E-state index in [0.29, 0.717) is 6.04 Å². The molecule has 1 amide bonds. The standard InChI is InChI=1S/C19H28N4O/c1-4-22-15(2)14-18(16(22)3)19(24)23-12-6-5-8-17(23)9-13-21-11-7-10-20-21/h7,10-11,14,17H,4-6,8-9,12-13H2,1-3H3/t17-/m1/s1. The van der Waals surface area contributed by atoms with Crippen molar-refractivity contribution in [3.05, 3.63) is 41.5 Å². The number of rotatable bonds is 5. The number of aromatic nitrogens is 3. The Labute approximate surface area is 144 Å². The Kier molecular flexibility index (Phi) is 5.07. The monoisotopic (exact) mass is 328 g/mol. The van der Waals surface area contributed by atoms with Crippen LogP contribution in [0, 0.1) is 13.8 Å². The molecule has 1 atom stereocenters. The molecule has 1 saturated heterocycles. The van der Waals surface area contributed by atoms with Crippen molar-refractivity contribution in [1.29, 1.82) is 0 Å². The highest BCUT2D eigenvalue weighted by molar-refractivity contribution is 5.96. The van der Waals surface area contributed by atoms with Crippen LogP contribution in [-0.2, 0) is 13.1 Å². The van der Waals surface area contributed by atoms with Crippen LogP contribution in [-0.4, -0.2) is 37.7 Å². The maximum atomic E-state index is 13.2. The molecule has 2 aromatic rings. The summed E-state index contributed by atoms with van der Waals surface area (Å²) < 4.78 is 4.18. The Morgan fingerprint density at radius 2 is 2.17 bits per heavy atom. The van der Waals surface area contributed by atoms with Crippen LogP contribution in [0.4, 0.5) is 0 Å². The van der Waals surface area contributed by atoms with Crippen LogP contribution < -0.4 is 0 Å². The highest BCUT2D eigenvalue weighted by atomic mass is 16.2. The lowest BCUT2D eigenvalue weighted by molar-refractivity contribution is 0.0593. The molecule has 130 valence electrons. The summed E-state index contributed by atoms with van der Waals surface area (Å²) in [7, 11) is 0. The van der Waals surface area contributed by atoms with Gasteiger partial charge in [0.25, 0.3) is 5.91 Å². The number of amides is 1. The Balaban J connectivity index is 1.76. The van der Waals surface area contributed by atoms with Gasteiger partial charge < -0.3 is 9.47 Å². The van der Waals surface area contributed by atoms with E-state index >= 15 is 0 Å². The predicted octanol–water partition coefficient (Wildman–Crippen LogP) is 3.41. The lowest BCUT2D eigenvalue weighted by Gasteiger charge is -2.36. The third-order valence-corrected chi connectivity index (χ3v) is 5.26. The molecule has 3 heterocycles. The zero-order valence-corrected chi connectivity index (χ0v) is 15.0. The van der Waals surface area contributed by atoms with Gasteiger partial charge >= 0.3 is 0 Å². The van der Waals surface area contributed by atoms with Crippen molar-refractivity contribution in [2.45, 2.75) is 65.6 Å². The molecule has 5 nitrogen and oxygen atoms in total. The van der Waals surface area contributed by atoms with Crippen molar-refractivity contribution in [1.82, 2.24) is 19.2 Å². The van der Waals surface area contributed by atoms with E-state index in [1.807, 2.05) is 23.1 Å². The van der Waals surface area contributed by atoms with E-state index < -0.39 is 0 Å². The quantitative estimate of drug-likeness (QED) is 0.844. The van der Waals surface area contributed by atoms with Gasteiger partial charge in [0, 0.05) is 49.5 Å². The smallest absolute Gasteiger partial charge is 0.255 e. The lowest BCUT2D eigenvalue weighted by atomic mass is 9.98. The number of hydrogen-bond acceptors (Lipinski definition) is 2. The largest absolute Gasteiger partial charge is 0.349 e. The molecule has 1 fully saturated rings. The van der Waals surface area contributed by atoms with Gasteiger partial charge in [0.15, 0.2) is 0 Å². The summed E-state index contributed by atoms with van der Waals surface area (Å²) in [4.78, 5) is 15.3. The fourth-order valence-electron chi connectivity index (χ4n) is 3.94. The average Bonchev–Trinajstić information content (AvgIpc) is 3.20. The van der Waals surface area contributed by atoms with Gasteiger partial charge in [0.05, 0.1) is 5.56 Å². The van der Waals surface area contributed by atoms with Crippen LogP contribution in [0.3, 0.4) is 0 Å². The van der Waals surface area contributed by atoms with Gasteiger partial charge in [-0.2, -0.15) is 5.10 Å². The first-order chi connectivity index (χ1) is 11.6. The minimum Gasteiger partial charge on any atom is -0.349 e. The maximum Gasteiger partial charge on any atom is 0.255 e. The predicted molar refractivity (Wildman–Crippen MR) is 95.1 cm³/mol. The second kappa shape index (κ2) is 7.24. The first-order valence-corrected chi connectivity index (χ1v) is 9.07. The number of aryl methyl sites for hydroxylation is 2. The molecular weight excluding hydrogens is 300 g/mol. The Morgan fingerprint density at radius 3 is 2.83 bits per heavy atom. The molecule has 0 saturated carbocycles. The summed E-state index contributed by atoms with van der Waals surface area (Å²) in [5, 5.41) is 4.28. The zero-order valence-electron chi connectivity index (χ0n) is 15.0. The van der Waals surface area contributed by atoms with E-state index in [1.165, 1.54) is 12.1 Å². The molecular formula is C19H28N4O. The van der Waals surface area contributed by atoms with Gasteiger partial charge in [-0.25, -0.2) is 0 Å². The third kappa shape index (κ3) is 3.25. The normalized spacial score (nSPS) is 18.1. The molecule has 5 heteroatoms. The van der Waals surface area contributed by atoms with Gasteiger partial charge in [-0.05, 0) is 58.6 Å². The number of piperidine rings is 1. The van der Waals surface area contributed by atoms with Crippen molar-refractivity contribution in [2.75, 3.05) is 6.54 Å². The summed E-state index contributed by atoms with van der Waals surface area (Å²) in [5.74, 6) is 0.202. The van der Waals surface area contributed by atoms with E-state index in [9.17, 15) is 4.79 Å². The minimum atomic E-state index is 0.202. The highest BCUT2D eigenvalue weighted by Gasteiger charge is 2.29. The Hall–Kier alpha value is -2.04. The first-order valence-electron chi connectivity index (χ1n) is 9.07.